The molecule has 1 N–H and O–H groups in total. The molecule has 1 unspecified atom stereocenters. The van der Waals surface area contributed by atoms with E-state index in [4.69, 9.17) is 0 Å². The largest absolute Gasteiger partial charge is 0.434 e. The minimum atomic E-state index is -2.82. The van der Waals surface area contributed by atoms with Gasteiger partial charge in [0, 0.05) is 5.56 Å². The Morgan fingerprint density at radius 2 is 2.06 bits per heavy atom. The highest BCUT2D eigenvalue weighted by atomic mass is 19.3. The van der Waals surface area contributed by atoms with E-state index in [1.165, 1.54) is 0 Å². The van der Waals surface area contributed by atoms with Gasteiger partial charge in [-0.15, -0.1) is 0 Å². The first-order valence-electron chi connectivity index (χ1n) is 5.98. The van der Waals surface area contributed by atoms with Crippen molar-refractivity contribution in [2.45, 2.75) is 32.9 Å². The summed E-state index contributed by atoms with van der Waals surface area (Å²) >= 11 is 0. The Kier molecular flexibility index (Phi) is 5.78. The number of rotatable bonds is 7. The first-order chi connectivity index (χ1) is 8.56. The van der Waals surface area contributed by atoms with E-state index < -0.39 is 6.61 Å². The number of ether oxygens (including phenoxy) is 1. The maximum absolute atomic E-state index is 12.4. The highest BCUT2D eigenvalue weighted by Crippen LogP contribution is 2.30. The van der Waals surface area contributed by atoms with Gasteiger partial charge in [0.15, 0.2) is 0 Å². The number of hydrogen-bond acceptors (Lipinski definition) is 2. The number of halogens is 2. The molecule has 0 aliphatic heterocycles. The summed E-state index contributed by atoms with van der Waals surface area (Å²) < 4.78 is 29.2. The van der Waals surface area contributed by atoms with Crippen molar-refractivity contribution in [2.24, 2.45) is 0 Å². The fourth-order valence-corrected chi connectivity index (χ4v) is 1.76. The summed E-state index contributed by atoms with van der Waals surface area (Å²) in [5.41, 5.74) is 1.56. The molecule has 1 aromatic rings. The summed E-state index contributed by atoms with van der Waals surface area (Å²) in [6.07, 6.45) is 0.960. The molecule has 2 nitrogen and oxygen atoms in total. The van der Waals surface area contributed by atoms with Crippen LogP contribution in [-0.2, 0) is 0 Å². The van der Waals surface area contributed by atoms with Gasteiger partial charge in [-0.25, -0.2) is 0 Å². The lowest BCUT2D eigenvalue weighted by Crippen LogP contribution is -2.23. The average molecular weight is 255 g/mol. The van der Waals surface area contributed by atoms with Crippen molar-refractivity contribution in [3.05, 3.63) is 42.0 Å². The molecule has 0 radical (unpaired) electrons. The van der Waals surface area contributed by atoms with E-state index in [0.717, 1.165) is 18.5 Å². The van der Waals surface area contributed by atoms with Gasteiger partial charge in [0.05, 0.1) is 6.04 Å². The Bertz CT molecular complexity index is 393. The zero-order chi connectivity index (χ0) is 13.5. The second kappa shape index (κ2) is 7.11. The summed E-state index contributed by atoms with van der Waals surface area (Å²) in [4.78, 5) is 0. The summed E-state index contributed by atoms with van der Waals surface area (Å²) in [5, 5.41) is 3.27. The maximum atomic E-state index is 12.4. The van der Waals surface area contributed by atoms with Crippen molar-refractivity contribution in [3.8, 4) is 5.75 Å². The first kappa shape index (κ1) is 14.6. The fourth-order valence-electron chi connectivity index (χ4n) is 1.76. The van der Waals surface area contributed by atoms with E-state index in [1.807, 2.05) is 13.8 Å². The Morgan fingerprint density at radius 1 is 1.39 bits per heavy atom. The molecule has 18 heavy (non-hydrogen) atoms. The van der Waals surface area contributed by atoms with Gasteiger partial charge in [0.2, 0.25) is 0 Å². The van der Waals surface area contributed by atoms with Gasteiger partial charge < -0.3 is 10.1 Å². The normalized spacial score (nSPS) is 12.5. The molecule has 0 aromatic heterocycles. The van der Waals surface area contributed by atoms with Crippen LogP contribution in [0.4, 0.5) is 8.78 Å². The number of alkyl halides is 2. The molecule has 0 aliphatic carbocycles. The molecule has 0 bridgehead atoms. The van der Waals surface area contributed by atoms with Crippen LogP contribution in [0.25, 0.3) is 0 Å². The van der Waals surface area contributed by atoms with Crippen LogP contribution in [-0.4, -0.2) is 13.2 Å². The molecule has 1 atom stereocenters. The molecule has 1 aromatic carbocycles. The Hall–Kier alpha value is -1.42. The smallest absolute Gasteiger partial charge is 0.387 e. The van der Waals surface area contributed by atoms with Crippen molar-refractivity contribution < 1.29 is 13.5 Å². The van der Waals surface area contributed by atoms with Gasteiger partial charge in [-0.3, -0.25) is 0 Å². The monoisotopic (exact) mass is 255 g/mol. The van der Waals surface area contributed by atoms with Crippen LogP contribution in [0.2, 0.25) is 0 Å². The van der Waals surface area contributed by atoms with Crippen LogP contribution in [0.15, 0.2) is 36.4 Å². The first-order valence-corrected chi connectivity index (χ1v) is 5.98. The molecular formula is C14H19F2NO. The highest BCUT2D eigenvalue weighted by Gasteiger charge is 2.17. The van der Waals surface area contributed by atoms with Gasteiger partial charge in [-0.1, -0.05) is 37.3 Å². The van der Waals surface area contributed by atoms with Crippen molar-refractivity contribution in [2.75, 3.05) is 6.54 Å². The lowest BCUT2D eigenvalue weighted by molar-refractivity contribution is -0.0506. The number of para-hydroxylation sites is 1. The number of hydrogen-bond donors (Lipinski definition) is 1. The van der Waals surface area contributed by atoms with Crippen LogP contribution in [0, 0.1) is 0 Å². The zero-order valence-electron chi connectivity index (χ0n) is 10.7. The van der Waals surface area contributed by atoms with Crippen LogP contribution in [0.1, 0.15) is 31.9 Å². The van der Waals surface area contributed by atoms with E-state index in [9.17, 15) is 8.78 Å². The van der Waals surface area contributed by atoms with Gasteiger partial charge in [-0.05, 0) is 26.0 Å². The summed E-state index contributed by atoms with van der Waals surface area (Å²) in [6.45, 7) is 5.79. The highest BCUT2D eigenvalue weighted by molar-refractivity contribution is 5.39. The Balaban J connectivity index is 2.99. The number of benzene rings is 1. The maximum Gasteiger partial charge on any atom is 0.387 e. The molecule has 0 spiro atoms. The van der Waals surface area contributed by atoms with Crippen molar-refractivity contribution in [1.82, 2.24) is 5.32 Å². The third-order valence-corrected chi connectivity index (χ3v) is 2.54. The quantitative estimate of drug-likeness (QED) is 0.746. The SMILES string of the molecule is C=C(C)C(NCCC)c1ccccc1OC(F)F. The zero-order valence-corrected chi connectivity index (χ0v) is 10.7. The second-order valence-electron chi connectivity index (χ2n) is 4.15. The molecule has 0 fully saturated rings. The lowest BCUT2D eigenvalue weighted by Gasteiger charge is -2.21. The molecule has 0 heterocycles. The minimum Gasteiger partial charge on any atom is -0.434 e. The molecular weight excluding hydrogens is 236 g/mol. The molecule has 0 saturated carbocycles. The van der Waals surface area contributed by atoms with Crippen molar-refractivity contribution in [3.63, 3.8) is 0 Å². The summed E-state index contributed by atoms with van der Waals surface area (Å²) in [5.74, 6) is 0.198. The third kappa shape index (κ3) is 4.11. The second-order valence-corrected chi connectivity index (χ2v) is 4.15. The standard InChI is InChI=1S/C14H19F2NO/c1-4-9-17-13(10(2)3)11-7-5-6-8-12(11)18-14(15)16/h5-8,13-14,17H,2,4,9H2,1,3H3. The Morgan fingerprint density at radius 3 is 2.61 bits per heavy atom. The molecule has 4 heteroatoms. The topological polar surface area (TPSA) is 21.3 Å². The lowest BCUT2D eigenvalue weighted by atomic mass is 10.00. The van der Waals surface area contributed by atoms with E-state index in [1.54, 1.807) is 24.3 Å². The molecule has 0 saturated heterocycles. The van der Waals surface area contributed by atoms with Gasteiger partial charge in [0.25, 0.3) is 0 Å². The van der Waals surface area contributed by atoms with Crippen molar-refractivity contribution >= 4 is 0 Å². The average Bonchev–Trinajstić information content (AvgIpc) is 2.30. The molecule has 0 aliphatic rings. The van der Waals surface area contributed by atoms with Gasteiger partial charge in [0.1, 0.15) is 5.75 Å². The van der Waals surface area contributed by atoms with E-state index in [-0.39, 0.29) is 11.8 Å². The summed E-state index contributed by atoms with van der Waals surface area (Å²) in [7, 11) is 0. The van der Waals surface area contributed by atoms with Gasteiger partial charge in [-0.2, -0.15) is 8.78 Å². The van der Waals surface area contributed by atoms with Crippen molar-refractivity contribution in [1.29, 1.82) is 0 Å². The van der Waals surface area contributed by atoms with E-state index in [2.05, 4.69) is 16.6 Å². The fraction of sp³-hybridized carbons (Fsp3) is 0.429. The molecule has 1 rings (SSSR count). The minimum absolute atomic E-state index is 0.167. The summed E-state index contributed by atoms with van der Waals surface area (Å²) in [6, 6.07) is 6.64. The van der Waals surface area contributed by atoms with E-state index in [0.29, 0.717) is 5.56 Å². The van der Waals surface area contributed by atoms with Crippen LogP contribution in [0.3, 0.4) is 0 Å². The van der Waals surface area contributed by atoms with Crippen LogP contribution < -0.4 is 10.1 Å². The van der Waals surface area contributed by atoms with E-state index >= 15 is 0 Å². The van der Waals surface area contributed by atoms with Crippen LogP contribution >= 0.6 is 0 Å². The predicted molar refractivity (Wildman–Crippen MR) is 68.9 cm³/mol. The third-order valence-electron chi connectivity index (χ3n) is 2.54. The molecule has 0 amide bonds. The van der Waals surface area contributed by atoms with Gasteiger partial charge >= 0.3 is 6.61 Å². The molecule has 100 valence electrons. The number of nitrogens with one attached hydrogen (secondary N) is 1. The predicted octanol–water partition coefficient (Wildman–Crippen LogP) is 3.90. The van der Waals surface area contributed by atoms with Crippen LogP contribution in [0.5, 0.6) is 5.75 Å². The Labute approximate surface area is 107 Å².